The number of nitrogens with one attached hydrogen (secondary N) is 3. The van der Waals surface area contributed by atoms with Gasteiger partial charge in [0.1, 0.15) is 12.4 Å². The van der Waals surface area contributed by atoms with E-state index < -0.39 is 0 Å². The first-order valence-electron chi connectivity index (χ1n) is 9.32. The number of benzene rings is 2. The van der Waals surface area contributed by atoms with E-state index in [-0.39, 0.29) is 12.1 Å². The van der Waals surface area contributed by atoms with Crippen LogP contribution < -0.4 is 20.7 Å². The molecule has 1 aliphatic heterocycles. The van der Waals surface area contributed by atoms with Gasteiger partial charge in [-0.15, -0.1) is 0 Å². The predicted molar refractivity (Wildman–Crippen MR) is 101 cm³/mol. The van der Waals surface area contributed by atoms with Crippen molar-refractivity contribution in [3.05, 3.63) is 65.7 Å². The molecule has 2 aromatic carbocycles. The smallest absolute Gasteiger partial charge is 0.315 e. The summed E-state index contributed by atoms with van der Waals surface area (Å²) in [6, 6.07) is 19.5. The minimum Gasteiger partial charge on any atom is -0.489 e. The van der Waals surface area contributed by atoms with E-state index in [1.54, 1.807) is 0 Å². The number of fused-ring (bicyclic) bond motifs is 1. The van der Waals surface area contributed by atoms with Crippen molar-refractivity contribution in [2.24, 2.45) is 0 Å². The highest BCUT2D eigenvalue weighted by Crippen LogP contribution is 2.23. The number of amides is 2. The summed E-state index contributed by atoms with van der Waals surface area (Å²) in [6.45, 7) is 1.42. The summed E-state index contributed by atoms with van der Waals surface area (Å²) in [5.41, 5.74) is 2.41. The molecule has 0 radical (unpaired) electrons. The van der Waals surface area contributed by atoms with E-state index >= 15 is 0 Å². The van der Waals surface area contributed by atoms with E-state index in [1.165, 1.54) is 11.1 Å². The van der Waals surface area contributed by atoms with Crippen LogP contribution in [0.5, 0.6) is 5.75 Å². The zero-order chi connectivity index (χ0) is 17.8. The maximum Gasteiger partial charge on any atom is 0.315 e. The first-order valence-corrected chi connectivity index (χ1v) is 9.32. The van der Waals surface area contributed by atoms with Crippen LogP contribution in [0, 0.1) is 0 Å². The number of carbonyl (C=O) groups is 1. The van der Waals surface area contributed by atoms with Gasteiger partial charge < -0.3 is 20.7 Å². The normalized spacial score (nSPS) is 24.5. The molecule has 5 heteroatoms. The Kier molecular flexibility index (Phi) is 5.07. The number of rotatable bonds is 6. The molecule has 1 heterocycles. The van der Waals surface area contributed by atoms with Crippen LogP contribution in [-0.4, -0.2) is 24.2 Å². The Morgan fingerprint density at radius 2 is 1.69 bits per heavy atom. The fraction of sp³-hybridized carbons (Fsp3) is 0.381. The van der Waals surface area contributed by atoms with Crippen molar-refractivity contribution in [3.63, 3.8) is 0 Å². The Bertz CT molecular complexity index is 733. The van der Waals surface area contributed by atoms with Gasteiger partial charge in [-0.05, 0) is 42.5 Å². The van der Waals surface area contributed by atoms with Gasteiger partial charge in [-0.1, -0.05) is 42.5 Å². The zero-order valence-corrected chi connectivity index (χ0v) is 14.8. The van der Waals surface area contributed by atoms with Crippen LogP contribution in [-0.2, 0) is 13.2 Å². The second-order valence-electron chi connectivity index (χ2n) is 7.14. The lowest BCUT2D eigenvalue weighted by Crippen LogP contribution is -2.46. The molecule has 4 rings (SSSR count). The van der Waals surface area contributed by atoms with Gasteiger partial charge in [0.2, 0.25) is 0 Å². The summed E-state index contributed by atoms with van der Waals surface area (Å²) in [7, 11) is 0. The van der Waals surface area contributed by atoms with E-state index in [2.05, 4.69) is 40.2 Å². The van der Waals surface area contributed by atoms with Crippen molar-refractivity contribution in [2.75, 3.05) is 0 Å². The Hall–Kier alpha value is -2.53. The molecule has 2 fully saturated rings. The molecule has 2 aromatic rings. The molecule has 0 aromatic heterocycles. The largest absolute Gasteiger partial charge is 0.489 e. The molecule has 26 heavy (non-hydrogen) atoms. The van der Waals surface area contributed by atoms with Crippen LogP contribution in [0.4, 0.5) is 4.79 Å². The molecule has 1 aliphatic carbocycles. The molecule has 2 amide bonds. The van der Waals surface area contributed by atoms with Gasteiger partial charge in [-0.2, -0.15) is 0 Å². The summed E-state index contributed by atoms with van der Waals surface area (Å²) in [4.78, 5) is 11.4. The van der Waals surface area contributed by atoms with Crippen molar-refractivity contribution in [1.29, 1.82) is 0 Å². The SMILES string of the molecule is O=C1NC2CCC(NCc3ccc(OCc4ccccc4)cc3)CC2N1. The molecule has 1 saturated carbocycles. The number of hydrogen-bond donors (Lipinski definition) is 3. The van der Waals surface area contributed by atoms with Crippen LogP contribution in [0.15, 0.2) is 54.6 Å². The standard InChI is InChI=1S/C21H25N3O2/c25-21-23-19-11-8-17(12-20(19)24-21)22-13-15-6-9-18(10-7-15)26-14-16-4-2-1-3-5-16/h1-7,9-10,17,19-20,22H,8,11-14H2,(H2,23,24,25). The monoisotopic (exact) mass is 351 g/mol. The lowest BCUT2D eigenvalue weighted by molar-refractivity contribution is 0.247. The van der Waals surface area contributed by atoms with Crippen molar-refractivity contribution in [2.45, 2.75) is 50.5 Å². The lowest BCUT2D eigenvalue weighted by Gasteiger charge is -2.31. The van der Waals surface area contributed by atoms with Crippen molar-refractivity contribution >= 4 is 6.03 Å². The van der Waals surface area contributed by atoms with Gasteiger partial charge in [-0.3, -0.25) is 0 Å². The molecular formula is C21H25N3O2. The number of urea groups is 1. The molecule has 136 valence electrons. The van der Waals surface area contributed by atoms with Crippen LogP contribution in [0.3, 0.4) is 0 Å². The van der Waals surface area contributed by atoms with Gasteiger partial charge >= 0.3 is 6.03 Å². The topological polar surface area (TPSA) is 62.4 Å². The molecule has 0 bridgehead atoms. The summed E-state index contributed by atoms with van der Waals surface area (Å²) in [5.74, 6) is 0.887. The summed E-state index contributed by atoms with van der Waals surface area (Å²) in [6.07, 6.45) is 3.12. The van der Waals surface area contributed by atoms with Crippen LogP contribution in [0.25, 0.3) is 0 Å². The van der Waals surface area contributed by atoms with Crippen molar-refractivity contribution in [1.82, 2.24) is 16.0 Å². The maximum absolute atomic E-state index is 11.4. The zero-order valence-electron chi connectivity index (χ0n) is 14.8. The molecular weight excluding hydrogens is 326 g/mol. The Morgan fingerprint density at radius 3 is 2.50 bits per heavy atom. The fourth-order valence-electron chi connectivity index (χ4n) is 3.77. The van der Waals surface area contributed by atoms with Gasteiger partial charge in [0.15, 0.2) is 0 Å². The van der Waals surface area contributed by atoms with Gasteiger partial charge in [0.05, 0.1) is 12.1 Å². The molecule has 3 unspecified atom stereocenters. The Labute approximate surface area is 154 Å². The minimum atomic E-state index is -0.0215. The van der Waals surface area contributed by atoms with Gasteiger partial charge in [0.25, 0.3) is 0 Å². The second-order valence-corrected chi connectivity index (χ2v) is 7.14. The third kappa shape index (κ3) is 4.17. The Balaban J connectivity index is 1.23. The summed E-state index contributed by atoms with van der Waals surface area (Å²) >= 11 is 0. The third-order valence-electron chi connectivity index (χ3n) is 5.25. The number of ether oxygens (including phenoxy) is 1. The summed E-state index contributed by atoms with van der Waals surface area (Å²) in [5, 5.41) is 9.62. The van der Waals surface area contributed by atoms with Crippen LogP contribution in [0.1, 0.15) is 30.4 Å². The number of hydrogen-bond acceptors (Lipinski definition) is 3. The average Bonchev–Trinajstić information content (AvgIpc) is 3.05. The van der Waals surface area contributed by atoms with Crippen molar-refractivity contribution < 1.29 is 9.53 Å². The molecule has 5 nitrogen and oxygen atoms in total. The fourth-order valence-corrected chi connectivity index (χ4v) is 3.77. The maximum atomic E-state index is 11.4. The molecule has 0 spiro atoms. The van der Waals surface area contributed by atoms with E-state index in [1.807, 2.05) is 30.3 Å². The van der Waals surface area contributed by atoms with Gasteiger partial charge in [-0.25, -0.2) is 4.79 Å². The van der Waals surface area contributed by atoms with E-state index in [0.717, 1.165) is 31.6 Å². The van der Waals surface area contributed by atoms with Crippen LogP contribution in [0.2, 0.25) is 0 Å². The highest BCUT2D eigenvalue weighted by Gasteiger charge is 2.36. The Morgan fingerprint density at radius 1 is 0.923 bits per heavy atom. The van der Waals surface area contributed by atoms with Crippen LogP contribution >= 0.6 is 0 Å². The average molecular weight is 351 g/mol. The third-order valence-corrected chi connectivity index (χ3v) is 5.25. The van der Waals surface area contributed by atoms with E-state index in [4.69, 9.17) is 4.74 Å². The van der Waals surface area contributed by atoms with E-state index in [0.29, 0.717) is 18.7 Å². The van der Waals surface area contributed by atoms with Crippen molar-refractivity contribution in [3.8, 4) is 5.75 Å². The first kappa shape index (κ1) is 16.9. The highest BCUT2D eigenvalue weighted by atomic mass is 16.5. The number of carbonyl (C=O) groups excluding carboxylic acids is 1. The predicted octanol–water partition coefficient (Wildman–Crippen LogP) is 2.96. The van der Waals surface area contributed by atoms with E-state index in [9.17, 15) is 4.79 Å². The molecule has 2 aliphatic rings. The van der Waals surface area contributed by atoms with Gasteiger partial charge in [0, 0.05) is 12.6 Å². The second kappa shape index (κ2) is 7.79. The quantitative estimate of drug-likeness (QED) is 0.750. The summed E-state index contributed by atoms with van der Waals surface area (Å²) < 4.78 is 5.83. The minimum absolute atomic E-state index is 0.0215. The highest BCUT2D eigenvalue weighted by molar-refractivity contribution is 5.77. The molecule has 3 N–H and O–H groups in total. The molecule has 3 atom stereocenters. The molecule has 1 saturated heterocycles. The first-order chi connectivity index (χ1) is 12.8. The lowest BCUT2D eigenvalue weighted by atomic mass is 9.88.